The molecule has 1 nitrogen and oxygen atoms in total. The lowest BCUT2D eigenvalue weighted by Crippen LogP contribution is -2.47. The molecule has 1 aliphatic heterocycles. The maximum absolute atomic E-state index is 3.85. The largest absolute Gasteiger partial charge is 0.313 e. The molecule has 0 amide bonds. The molecule has 2 rings (SSSR count). The van der Waals surface area contributed by atoms with Crippen molar-refractivity contribution in [3.63, 3.8) is 0 Å². The zero-order valence-electron chi connectivity index (χ0n) is 12.5. The van der Waals surface area contributed by atoms with Crippen LogP contribution in [0.2, 0.25) is 0 Å². The minimum absolute atomic E-state index is 0.506. The summed E-state index contributed by atoms with van der Waals surface area (Å²) in [6, 6.07) is 0.735. The van der Waals surface area contributed by atoms with Gasteiger partial charge in [0, 0.05) is 11.8 Å². The quantitative estimate of drug-likeness (QED) is 0.815. The van der Waals surface area contributed by atoms with E-state index in [-0.39, 0.29) is 0 Å². The van der Waals surface area contributed by atoms with Crippen LogP contribution < -0.4 is 5.32 Å². The van der Waals surface area contributed by atoms with Crippen molar-refractivity contribution in [2.24, 2.45) is 17.3 Å². The molecule has 2 fully saturated rings. The predicted molar refractivity (Wildman–Crippen MR) is 83.3 cm³/mol. The molecule has 106 valence electrons. The first kappa shape index (κ1) is 14.7. The van der Waals surface area contributed by atoms with E-state index >= 15 is 0 Å². The van der Waals surface area contributed by atoms with Gasteiger partial charge in [-0.3, -0.25) is 0 Å². The lowest BCUT2D eigenvalue weighted by Gasteiger charge is -2.39. The third-order valence-corrected chi connectivity index (χ3v) is 6.26. The normalized spacial score (nSPS) is 36.5. The Bertz CT molecular complexity index is 243. The molecule has 0 spiro atoms. The highest BCUT2D eigenvalue weighted by Gasteiger charge is 2.32. The Morgan fingerprint density at radius 3 is 2.56 bits per heavy atom. The van der Waals surface area contributed by atoms with E-state index in [2.05, 4.69) is 37.8 Å². The summed E-state index contributed by atoms with van der Waals surface area (Å²) in [7, 11) is 0. The fourth-order valence-electron chi connectivity index (χ4n) is 3.35. The SMILES string of the molecule is CC1CCC(CCNC2CSCCC2(C)C)CC1. The van der Waals surface area contributed by atoms with Crippen LogP contribution in [0.4, 0.5) is 0 Å². The summed E-state index contributed by atoms with van der Waals surface area (Å²) in [4.78, 5) is 0. The highest BCUT2D eigenvalue weighted by atomic mass is 32.2. The molecule has 0 aromatic carbocycles. The smallest absolute Gasteiger partial charge is 0.0209 e. The van der Waals surface area contributed by atoms with Gasteiger partial charge in [-0.2, -0.15) is 11.8 Å². The minimum Gasteiger partial charge on any atom is -0.313 e. The molecule has 2 heteroatoms. The second kappa shape index (κ2) is 6.65. The topological polar surface area (TPSA) is 12.0 Å². The van der Waals surface area contributed by atoms with Gasteiger partial charge >= 0.3 is 0 Å². The van der Waals surface area contributed by atoms with Crippen LogP contribution >= 0.6 is 11.8 Å². The van der Waals surface area contributed by atoms with E-state index < -0.39 is 0 Å². The molecule has 1 unspecified atom stereocenters. The molecule has 1 N–H and O–H groups in total. The van der Waals surface area contributed by atoms with Gasteiger partial charge < -0.3 is 5.32 Å². The van der Waals surface area contributed by atoms with Crippen LogP contribution in [0.3, 0.4) is 0 Å². The van der Waals surface area contributed by atoms with Crippen LogP contribution in [-0.2, 0) is 0 Å². The summed E-state index contributed by atoms with van der Waals surface area (Å²) in [5.41, 5.74) is 0.506. The van der Waals surface area contributed by atoms with Gasteiger partial charge in [0.1, 0.15) is 0 Å². The van der Waals surface area contributed by atoms with E-state index in [1.807, 2.05) is 0 Å². The van der Waals surface area contributed by atoms with Crippen LogP contribution in [0.25, 0.3) is 0 Å². The van der Waals surface area contributed by atoms with Crippen molar-refractivity contribution in [1.82, 2.24) is 5.32 Å². The number of rotatable bonds is 4. The average molecular weight is 269 g/mol. The third-order valence-electron chi connectivity index (χ3n) is 5.20. The Labute approximate surface area is 118 Å². The van der Waals surface area contributed by atoms with Gasteiger partial charge in [-0.1, -0.05) is 46.5 Å². The van der Waals surface area contributed by atoms with Gasteiger partial charge in [-0.15, -0.1) is 0 Å². The van der Waals surface area contributed by atoms with Crippen molar-refractivity contribution in [2.45, 2.75) is 65.3 Å². The van der Waals surface area contributed by atoms with Gasteiger partial charge in [0.2, 0.25) is 0 Å². The third kappa shape index (κ3) is 4.16. The molecule has 1 saturated carbocycles. The fourth-order valence-corrected chi connectivity index (χ4v) is 4.99. The molecular weight excluding hydrogens is 238 g/mol. The van der Waals surface area contributed by atoms with Gasteiger partial charge in [-0.25, -0.2) is 0 Å². The summed E-state index contributed by atoms with van der Waals surface area (Å²) in [6.07, 6.45) is 8.67. The van der Waals surface area contributed by atoms with Gasteiger partial charge in [0.05, 0.1) is 0 Å². The molecule has 0 radical (unpaired) electrons. The number of hydrogen-bond acceptors (Lipinski definition) is 2. The molecule has 0 bridgehead atoms. The molecule has 1 saturated heterocycles. The van der Waals surface area contributed by atoms with E-state index in [1.54, 1.807) is 0 Å². The fraction of sp³-hybridized carbons (Fsp3) is 1.00. The Morgan fingerprint density at radius 1 is 1.17 bits per heavy atom. The second-order valence-corrected chi connectivity index (χ2v) is 8.38. The van der Waals surface area contributed by atoms with Crippen molar-refractivity contribution in [3.05, 3.63) is 0 Å². The van der Waals surface area contributed by atoms with Crippen LogP contribution in [0, 0.1) is 17.3 Å². The summed E-state index contributed by atoms with van der Waals surface area (Å²) in [6.45, 7) is 8.53. The maximum Gasteiger partial charge on any atom is 0.0209 e. The van der Waals surface area contributed by atoms with Crippen molar-refractivity contribution < 1.29 is 0 Å². The summed E-state index contributed by atoms with van der Waals surface area (Å²) >= 11 is 2.13. The maximum atomic E-state index is 3.85. The van der Waals surface area contributed by atoms with E-state index in [0.717, 1.165) is 17.9 Å². The molecule has 1 atom stereocenters. The Hall–Kier alpha value is 0.310. The average Bonchev–Trinajstić information content (AvgIpc) is 2.33. The lowest BCUT2D eigenvalue weighted by atomic mass is 9.80. The first-order chi connectivity index (χ1) is 8.58. The summed E-state index contributed by atoms with van der Waals surface area (Å²) < 4.78 is 0. The van der Waals surface area contributed by atoms with Gasteiger partial charge in [0.25, 0.3) is 0 Å². The highest BCUT2D eigenvalue weighted by Crippen LogP contribution is 2.34. The molecule has 18 heavy (non-hydrogen) atoms. The molecule has 1 heterocycles. The van der Waals surface area contributed by atoms with Crippen LogP contribution in [-0.4, -0.2) is 24.1 Å². The first-order valence-corrected chi connectivity index (χ1v) is 9.04. The molecule has 0 aromatic rings. The monoisotopic (exact) mass is 269 g/mol. The van der Waals surface area contributed by atoms with Crippen LogP contribution in [0.15, 0.2) is 0 Å². The van der Waals surface area contributed by atoms with Crippen LogP contribution in [0.5, 0.6) is 0 Å². The minimum atomic E-state index is 0.506. The second-order valence-electron chi connectivity index (χ2n) is 7.23. The first-order valence-electron chi connectivity index (χ1n) is 7.89. The predicted octanol–water partition coefficient (Wildman–Crippen LogP) is 4.32. The van der Waals surface area contributed by atoms with Gasteiger partial charge in [0.15, 0.2) is 0 Å². The van der Waals surface area contributed by atoms with Crippen LogP contribution in [0.1, 0.15) is 59.3 Å². The Kier molecular flexibility index (Phi) is 5.44. The van der Waals surface area contributed by atoms with Crippen molar-refractivity contribution in [3.8, 4) is 0 Å². The molecule has 0 aromatic heterocycles. The molecular formula is C16H31NS. The van der Waals surface area contributed by atoms with E-state index in [4.69, 9.17) is 0 Å². The zero-order chi connectivity index (χ0) is 13.0. The standard InChI is InChI=1S/C16H31NS/c1-13-4-6-14(7-5-13)8-10-17-15-12-18-11-9-16(15,2)3/h13-15,17H,4-12H2,1-3H3. The zero-order valence-corrected chi connectivity index (χ0v) is 13.3. The molecule has 1 aliphatic carbocycles. The number of thioether (sulfide) groups is 1. The Morgan fingerprint density at radius 2 is 1.89 bits per heavy atom. The number of hydrogen-bond donors (Lipinski definition) is 1. The van der Waals surface area contributed by atoms with Crippen molar-refractivity contribution in [1.29, 1.82) is 0 Å². The van der Waals surface area contributed by atoms with Gasteiger partial charge in [-0.05, 0) is 42.4 Å². The summed E-state index contributed by atoms with van der Waals surface area (Å²) in [5, 5.41) is 3.85. The van der Waals surface area contributed by atoms with E-state index in [0.29, 0.717) is 5.41 Å². The Balaban J connectivity index is 1.65. The summed E-state index contributed by atoms with van der Waals surface area (Å²) in [5.74, 6) is 4.66. The number of nitrogens with one attached hydrogen (secondary N) is 1. The van der Waals surface area contributed by atoms with E-state index in [9.17, 15) is 0 Å². The van der Waals surface area contributed by atoms with Crippen molar-refractivity contribution in [2.75, 3.05) is 18.1 Å². The molecule has 2 aliphatic rings. The lowest BCUT2D eigenvalue weighted by molar-refractivity contribution is 0.229. The highest BCUT2D eigenvalue weighted by molar-refractivity contribution is 7.99. The van der Waals surface area contributed by atoms with Crippen molar-refractivity contribution >= 4 is 11.8 Å². The van der Waals surface area contributed by atoms with E-state index in [1.165, 1.54) is 56.6 Å².